The number of ketones is 1. The Morgan fingerprint density at radius 3 is 1.88 bits per heavy atom. The van der Waals surface area contributed by atoms with Gasteiger partial charge in [-0.25, -0.2) is 0 Å². The first-order valence-corrected chi connectivity index (χ1v) is 4.67. The molecule has 1 aromatic carbocycles. The third kappa shape index (κ3) is 6.92. The molecule has 1 aromatic rings. The van der Waals surface area contributed by atoms with Gasteiger partial charge in [0.15, 0.2) is 0 Å². The van der Waals surface area contributed by atoms with Crippen LogP contribution < -0.4 is 0 Å². The van der Waals surface area contributed by atoms with Crippen molar-refractivity contribution in [2.75, 3.05) is 0 Å². The van der Waals surface area contributed by atoms with Gasteiger partial charge in [-0.1, -0.05) is 19.4 Å². The van der Waals surface area contributed by atoms with Crippen molar-refractivity contribution in [1.82, 2.24) is 0 Å². The minimum absolute atomic E-state index is 0. The summed E-state index contributed by atoms with van der Waals surface area (Å²) < 4.78 is 0. The molecule has 0 amide bonds. The molecule has 0 aliphatic carbocycles. The summed E-state index contributed by atoms with van der Waals surface area (Å²) >= 11 is 0. The number of aryl methyl sites for hydroxylation is 3. The van der Waals surface area contributed by atoms with Crippen molar-refractivity contribution in [2.24, 2.45) is 0 Å². The van der Waals surface area contributed by atoms with Gasteiger partial charge in [0.05, 0.1) is 6.29 Å². The fraction of sp³-hybridized carbons (Fsp3) is 0.308. The summed E-state index contributed by atoms with van der Waals surface area (Å²) in [5, 5.41) is 0. The summed E-state index contributed by atoms with van der Waals surface area (Å²) in [6.07, 6.45) is 1.91. The number of Topliss-reactive ketones (excluding diaryl/α,β-unsaturated/α-hetero) is 1. The molecule has 0 heterocycles. The van der Waals surface area contributed by atoms with Gasteiger partial charge in [0.25, 0.3) is 0 Å². The summed E-state index contributed by atoms with van der Waals surface area (Å²) in [5.41, 5.74) is 4.05. The van der Waals surface area contributed by atoms with Gasteiger partial charge in [-0.3, -0.25) is 0 Å². The molecule has 0 aliphatic heterocycles. The standard InChI is InChI=1S/C10H11O.C3H5O.Y/c1-7-4-9(3)10(6-11)5-8(7)2;1-3(2)4;/h4-5H,1-3H3;1H2,2H3;/q2*-1;+3. The molecule has 16 heavy (non-hydrogen) atoms. The van der Waals surface area contributed by atoms with Crippen molar-refractivity contribution in [3.8, 4) is 0 Å². The summed E-state index contributed by atoms with van der Waals surface area (Å²) in [6.45, 7) is 10.4. The van der Waals surface area contributed by atoms with Crippen molar-refractivity contribution in [3.63, 3.8) is 0 Å². The molecule has 0 radical (unpaired) electrons. The minimum Gasteiger partial charge on any atom is -0.376 e. The van der Waals surface area contributed by atoms with Crippen molar-refractivity contribution >= 4 is 12.1 Å². The normalized spacial score (nSPS) is 8.25. The van der Waals surface area contributed by atoms with E-state index in [2.05, 4.69) is 6.92 Å². The zero-order chi connectivity index (χ0) is 12.0. The monoisotopic (exact) mass is 293 g/mol. The summed E-state index contributed by atoms with van der Waals surface area (Å²) in [6, 6.07) is 3.88. The number of hydrogen-bond donors (Lipinski definition) is 0. The third-order valence-corrected chi connectivity index (χ3v) is 1.95. The number of carbonyl (C=O) groups is 1. The quantitative estimate of drug-likeness (QED) is 0.745. The van der Waals surface area contributed by atoms with E-state index in [1.807, 2.05) is 39.2 Å². The first kappa shape index (κ1) is 17.9. The average molecular weight is 293 g/mol. The Morgan fingerprint density at radius 2 is 1.50 bits per heavy atom. The number of hydrogen-bond acceptors (Lipinski definition) is 2. The molecule has 0 saturated heterocycles. The summed E-state index contributed by atoms with van der Waals surface area (Å²) in [7, 11) is 0. The van der Waals surface area contributed by atoms with E-state index in [1.54, 1.807) is 0 Å². The van der Waals surface area contributed by atoms with E-state index in [9.17, 15) is 9.59 Å². The van der Waals surface area contributed by atoms with Crippen LogP contribution in [0.4, 0.5) is 0 Å². The van der Waals surface area contributed by atoms with E-state index in [0.717, 1.165) is 11.1 Å². The van der Waals surface area contributed by atoms with Gasteiger partial charge in [-0.15, -0.1) is 22.8 Å². The van der Waals surface area contributed by atoms with Crippen molar-refractivity contribution in [3.05, 3.63) is 41.3 Å². The van der Waals surface area contributed by atoms with Crippen molar-refractivity contribution < 1.29 is 42.3 Å². The molecule has 0 spiro atoms. The molecule has 0 N–H and O–H groups in total. The number of benzene rings is 1. The summed E-state index contributed by atoms with van der Waals surface area (Å²) in [4.78, 5) is 19.7. The van der Waals surface area contributed by atoms with Crippen LogP contribution in [0.15, 0.2) is 12.1 Å². The molecule has 1 rings (SSSR count). The van der Waals surface area contributed by atoms with E-state index >= 15 is 0 Å². The van der Waals surface area contributed by atoms with Gasteiger partial charge >= 0.3 is 32.7 Å². The topological polar surface area (TPSA) is 34.1 Å². The Balaban J connectivity index is 0. The second-order valence-electron chi connectivity index (χ2n) is 3.56. The Bertz CT molecular complexity index is 366. The van der Waals surface area contributed by atoms with Crippen LogP contribution >= 0.6 is 0 Å². The Kier molecular flexibility index (Phi) is 9.70. The molecule has 0 aromatic heterocycles. The van der Waals surface area contributed by atoms with Gasteiger partial charge in [0.2, 0.25) is 0 Å². The Hall–Kier alpha value is -0.466. The van der Waals surface area contributed by atoms with Crippen LogP contribution in [0.2, 0.25) is 0 Å². The van der Waals surface area contributed by atoms with Crippen LogP contribution in [0.1, 0.15) is 29.2 Å². The molecular weight excluding hydrogens is 277 g/mol. The molecule has 2 nitrogen and oxygen atoms in total. The molecular formula is C13H16O2Y+. The van der Waals surface area contributed by atoms with Gasteiger partial charge < -0.3 is 16.5 Å². The van der Waals surface area contributed by atoms with Crippen molar-refractivity contribution in [1.29, 1.82) is 0 Å². The predicted molar refractivity (Wildman–Crippen MR) is 61.5 cm³/mol. The first-order valence-electron chi connectivity index (χ1n) is 4.67. The van der Waals surface area contributed by atoms with Gasteiger partial charge in [-0.05, 0) is 19.6 Å². The van der Waals surface area contributed by atoms with Crippen LogP contribution in [-0.2, 0) is 42.3 Å². The van der Waals surface area contributed by atoms with E-state index in [0.29, 0.717) is 5.56 Å². The maximum Gasteiger partial charge on any atom is 3.00 e. The molecule has 0 saturated carbocycles. The smallest absolute Gasteiger partial charge is 0.376 e. The molecule has 3 heteroatoms. The number of rotatable bonds is 1. The Labute approximate surface area is 123 Å². The molecule has 0 atom stereocenters. The van der Waals surface area contributed by atoms with Gasteiger partial charge in [0.1, 0.15) is 0 Å². The number of carbonyl (C=O) groups excluding carboxylic acids is 2. The van der Waals surface area contributed by atoms with E-state index < -0.39 is 0 Å². The average Bonchev–Trinajstić information content (AvgIpc) is 2.10. The first-order chi connectivity index (χ1) is 6.88. The van der Waals surface area contributed by atoms with E-state index in [1.165, 1.54) is 12.5 Å². The van der Waals surface area contributed by atoms with Crippen LogP contribution in [-0.4, -0.2) is 12.1 Å². The van der Waals surface area contributed by atoms with Crippen molar-refractivity contribution in [2.45, 2.75) is 27.7 Å². The molecule has 0 aliphatic rings. The van der Waals surface area contributed by atoms with Crippen LogP contribution in [0.3, 0.4) is 0 Å². The molecule has 0 unspecified atom stereocenters. The maximum absolute atomic E-state index is 10.4. The fourth-order valence-electron chi connectivity index (χ4n) is 1.07. The van der Waals surface area contributed by atoms with E-state index in [-0.39, 0.29) is 38.5 Å². The van der Waals surface area contributed by atoms with Crippen LogP contribution in [0.25, 0.3) is 0 Å². The zero-order valence-corrected chi connectivity index (χ0v) is 13.1. The molecule has 0 fully saturated rings. The van der Waals surface area contributed by atoms with E-state index in [4.69, 9.17) is 0 Å². The SMILES string of the molecule is Cc1cc(C)c([C-]=O)cc1C.[CH2-]C(C)=O.[Y+3]. The second kappa shape index (κ2) is 8.66. The fourth-order valence-corrected chi connectivity index (χ4v) is 1.07. The predicted octanol–water partition coefficient (Wildman–Crippen LogP) is 2.48. The van der Waals surface area contributed by atoms with Gasteiger partial charge in [0, 0.05) is 0 Å². The zero-order valence-electron chi connectivity index (χ0n) is 10.3. The maximum atomic E-state index is 10.4. The second-order valence-corrected chi connectivity index (χ2v) is 3.56. The summed E-state index contributed by atoms with van der Waals surface area (Å²) in [5.74, 6) is -0.0833. The largest absolute Gasteiger partial charge is 3.00 e. The minimum atomic E-state index is -0.0833. The molecule has 0 bridgehead atoms. The molecule has 82 valence electrons. The third-order valence-electron chi connectivity index (χ3n) is 1.95. The van der Waals surface area contributed by atoms with Crippen LogP contribution in [0.5, 0.6) is 0 Å². The Morgan fingerprint density at radius 1 is 1.12 bits per heavy atom. The van der Waals surface area contributed by atoms with Gasteiger partial charge in [-0.2, -0.15) is 6.07 Å². The van der Waals surface area contributed by atoms with Crippen LogP contribution in [0, 0.1) is 27.7 Å².